The summed E-state index contributed by atoms with van der Waals surface area (Å²) in [4.78, 5) is 10.8. The Morgan fingerprint density at radius 2 is 2.00 bits per heavy atom. The standard InChI is InChI=1S/C12H22O2/c1-5-12(14)8-11(9(2)3)7-6-10(4)13/h11-12,14H,2,5-8H2,1,3-4H3/t11-,12?/m1/s1. The predicted molar refractivity (Wildman–Crippen MR) is 59.1 cm³/mol. The van der Waals surface area contributed by atoms with E-state index in [1.165, 1.54) is 0 Å². The highest BCUT2D eigenvalue weighted by atomic mass is 16.3. The number of allylic oxidation sites excluding steroid dienone is 1. The lowest BCUT2D eigenvalue weighted by Crippen LogP contribution is -2.14. The van der Waals surface area contributed by atoms with E-state index < -0.39 is 0 Å². The van der Waals surface area contributed by atoms with E-state index >= 15 is 0 Å². The van der Waals surface area contributed by atoms with Crippen LogP contribution >= 0.6 is 0 Å². The van der Waals surface area contributed by atoms with E-state index in [0.717, 1.165) is 24.8 Å². The van der Waals surface area contributed by atoms with Crippen LogP contribution in [0.1, 0.15) is 46.5 Å². The molecule has 0 bridgehead atoms. The molecule has 0 radical (unpaired) electrons. The van der Waals surface area contributed by atoms with E-state index in [9.17, 15) is 9.90 Å². The van der Waals surface area contributed by atoms with Crippen LogP contribution < -0.4 is 0 Å². The van der Waals surface area contributed by atoms with Gasteiger partial charge in [0.1, 0.15) is 5.78 Å². The number of aliphatic hydroxyl groups excluding tert-OH is 1. The van der Waals surface area contributed by atoms with Crippen molar-refractivity contribution in [3.63, 3.8) is 0 Å². The zero-order valence-corrected chi connectivity index (χ0v) is 9.55. The minimum Gasteiger partial charge on any atom is -0.393 e. The second-order valence-corrected chi connectivity index (χ2v) is 4.08. The van der Waals surface area contributed by atoms with Crippen LogP contribution in [0.15, 0.2) is 12.2 Å². The van der Waals surface area contributed by atoms with Gasteiger partial charge in [-0.1, -0.05) is 19.1 Å². The van der Waals surface area contributed by atoms with Crippen LogP contribution in [-0.4, -0.2) is 17.0 Å². The van der Waals surface area contributed by atoms with E-state index in [1.807, 2.05) is 13.8 Å². The molecule has 0 aliphatic carbocycles. The van der Waals surface area contributed by atoms with Crippen LogP contribution in [0.2, 0.25) is 0 Å². The lowest BCUT2D eigenvalue weighted by Gasteiger charge is -2.19. The fourth-order valence-electron chi connectivity index (χ4n) is 1.44. The number of carbonyl (C=O) groups excluding carboxylic acids is 1. The van der Waals surface area contributed by atoms with Gasteiger partial charge in [-0.3, -0.25) is 0 Å². The Labute approximate surface area is 87.0 Å². The van der Waals surface area contributed by atoms with E-state index in [-0.39, 0.29) is 17.8 Å². The third kappa shape index (κ3) is 5.92. The highest BCUT2D eigenvalue weighted by Gasteiger charge is 2.14. The normalized spacial score (nSPS) is 14.9. The molecule has 2 nitrogen and oxygen atoms in total. The number of aliphatic hydroxyl groups is 1. The van der Waals surface area contributed by atoms with Gasteiger partial charge in [0.25, 0.3) is 0 Å². The summed E-state index contributed by atoms with van der Waals surface area (Å²) >= 11 is 0. The third-order valence-electron chi connectivity index (χ3n) is 2.57. The summed E-state index contributed by atoms with van der Waals surface area (Å²) in [6.45, 7) is 9.43. The fourth-order valence-corrected chi connectivity index (χ4v) is 1.44. The van der Waals surface area contributed by atoms with Gasteiger partial charge in [0.2, 0.25) is 0 Å². The SMILES string of the molecule is C=C(C)[C@H](CCC(C)=O)CC(O)CC. The van der Waals surface area contributed by atoms with Gasteiger partial charge in [-0.05, 0) is 39.0 Å². The Morgan fingerprint density at radius 1 is 1.43 bits per heavy atom. The number of ketones is 1. The van der Waals surface area contributed by atoms with Crippen LogP contribution in [0.25, 0.3) is 0 Å². The molecule has 2 heteroatoms. The fraction of sp³-hybridized carbons (Fsp3) is 0.750. The number of carbonyl (C=O) groups is 1. The Bertz CT molecular complexity index is 196. The first kappa shape index (κ1) is 13.4. The van der Waals surface area contributed by atoms with Crippen LogP contribution in [0.5, 0.6) is 0 Å². The molecule has 0 fully saturated rings. The summed E-state index contributed by atoms with van der Waals surface area (Å²) in [5, 5.41) is 9.52. The summed E-state index contributed by atoms with van der Waals surface area (Å²) < 4.78 is 0. The minimum atomic E-state index is -0.261. The quantitative estimate of drug-likeness (QED) is 0.639. The molecule has 1 N–H and O–H groups in total. The number of Topliss-reactive ketones (excluding diaryl/α,β-unsaturated/α-hetero) is 1. The van der Waals surface area contributed by atoms with Gasteiger partial charge in [0.05, 0.1) is 6.10 Å². The summed E-state index contributed by atoms with van der Waals surface area (Å²) in [5.41, 5.74) is 1.07. The van der Waals surface area contributed by atoms with E-state index in [4.69, 9.17) is 0 Å². The zero-order valence-electron chi connectivity index (χ0n) is 9.55. The molecule has 0 aromatic heterocycles. The third-order valence-corrected chi connectivity index (χ3v) is 2.57. The van der Waals surface area contributed by atoms with Gasteiger partial charge in [0, 0.05) is 6.42 Å². The Hall–Kier alpha value is -0.630. The molecule has 0 aromatic carbocycles. The zero-order chi connectivity index (χ0) is 11.1. The highest BCUT2D eigenvalue weighted by molar-refractivity contribution is 5.75. The number of hydrogen-bond donors (Lipinski definition) is 1. The summed E-state index contributed by atoms with van der Waals surface area (Å²) in [6.07, 6.45) is 2.65. The predicted octanol–water partition coefficient (Wildman–Crippen LogP) is 2.71. The van der Waals surface area contributed by atoms with Crippen molar-refractivity contribution >= 4 is 5.78 Å². The van der Waals surface area contributed by atoms with Crippen LogP contribution in [0.3, 0.4) is 0 Å². The summed E-state index contributed by atoms with van der Waals surface area (Å²) in [7, 11) is 0. The average Bonchev–Trinajstić information content (AvgIpc) is 2.10. The van der Waals surface area contributed by atoms with E-state index in [1.54, 1.807) is 6.92 Å². The molecule has 0 saturated carbocycles. The number of hydrogen-bond acceptors (Lipinski definition) is 2. The van der Waals surface area contributed by atoms with Gasteiger partial charge >= 0.3 is 0 Å². The molecule has 2 atom stereocenters. The number of rotatable bonds is 7. The summed E-state index contributed by atoms with van der Waals surface area (Å²) in [5.74, 6) is 0.496. The molecule has 0 aliphatic rings. The molecule has 0 aliphatic heterocycles. The van der Waals surface area contributed by atoms with Crippen molar-refractivity contribution < 1.29 is 9.90 Å². The van der Waals surface area contributed by atoms with Crippen LogP contribution in [-0.2, 0) is 4.79 Å². The van der Waals surface area contributed by atoms with Crippen molar-refractivity contribution in [2.75, 3.05) is 0 Å². The maximum Gasteiger partial charge on any atom is 0.129 e. The van der Waals surface area contributed by atoms with Crippen molar-refractivity contribution in [1.29, 1.82) is 0 Å². The van der Waals surface area contributed by atoms with E-state index in [0.29, 0.717) is 6.42 Å². The highest BCUT2D eigenvalue weighted by Crippen LogP contribution is 2.22. The molecular formula is C12H22O2. The molecule has 82 valence electrons. The molecule has 0 aromatic rings. The molecular weight excluding hydrogens is 176 g/mol. The van der Waals surface area contributed by atoms with E-state index in [2.05, 4.69) is 6.58 Å². The molecule has 1 unspecified atom stereocenters. The van der Waals surface area contributed by atoms with Crippen molar-refractivity contribution in [2.24, 2.45) is 5.92 Å². The monoisotopic (exact) mass is 198 g/mol. The average molecular weight is 198 g/mol. The van der Waals surface area contributed by atoms with Gasteiger partial charge < -0.3 is 9.90 Å². The Kier molecular flexibility index (Phi) is 6.46. The van der Waals surface area contributed by atoms with Crippen molar-refractivity contribution in [3.8, 4) is 0 Å². The van der Waals surface area contributed by atoms with Gasteiger partial charge in [-0.2, -0.15) is 0 Å². The minimum absolute atomic E-state index is 0.210. The molecule has 0 heterocycles. The first-order valence-corrected chi connectivity index (χ1v) is 5.30. The smallest absolute Gasteiger partial charge is 0.129 e. The van der Waals surface area contributed by atoms with Crippen molar-refractivity contribution in [3.05, 3.63) is 12.2 Å². The lowest BCUT2D eigenvalue weighted by molar-refractivity contribution is -0.117. The van der Waals surface area contributed by atoms with Crippen molar-refractivity contribution in [1.82, 2.24) is 0 Å². The van der Waals surface area contributed by atoms with Gasteiger partial charge in [-0.15, -0.1) is 0 Å². The van der Waals surface area contributed by atoms with Crippen LogP contribution in [0.4, 0.5) is 0 Å². The maximum atomic E-state index is 10.8. The molecule has 0 saturated heterocycles. The first-order chi connectivity index (χ1) is 6.47. The largest absolute Gasteiger partial charge is 0.393 e. The first-order valence-electron chi connectivity index (χ1n) is 5.30. The maximum absolute atomic E-state index is 10.8. The Morgan fingerprint density at radius 3 is 2.36 bits per heavy atom. The summed E-state index contributed by atoms with van der Waals surface area (Å²) in [6, 6.07) is 0. The lowest BCUT2D eigenvalue weighted by atomic mass is 9.89. The molecule has 0 spiro atoms. The topological polar surface area (TPSA) is 37.3 Å². The molecule has 14 heavy (non-hydrogen) atoms. The Balaban J connectivity index is 4.02. The second-order valence-electron chi connectivity index (χ2n) is 4.08. The second kappa shape index (κ2) is 6.77. The van der Waals surface area contributed by atoms with Gasteiger partial charge in [-0.25, -0.2) is 0 Å². The van der Waals surface area contributed by atoms with Gasteiger partial charge in [0.15, 0.2) is 0 Å². The van der Waals surface area contributed by atoms with Crippen molar-refractivity contribution in [2.45, 2.75) is 52.6 Å². The molecule has 0 amide bonds. The molecule has 0 rings (SSSR count). The van der Waals surface area contributed by atoms with Crippen LogP contribution in [0, 0.1) is 5.92 Å².